The van der Waals surface area contributed by atoms with E-state index in [-0.39, 0.29) is 30.4 Å². The maximum atomic E-state index is 13.6. The molecule has 0 aromatic heterocycles. The molecule has 1 aliphatic carbocycles. The predicted octanol–water partition coefficient (Wildman–Crippen LogP) is 4.56. The van der Waals surface area contributed by atoms with E-state index in [0.717, 1.165) is 48.8 Å². The summed E-state index contributed by atoms with van der Waals surface area (Å²) >= 11 is 0. The first-order valence-corrected chi connectivity index (χ1v) is 12.1. The number of rotatable bonds is 9. The number of amides is 3. The van der Waals surface area contributed by atoms with E-state index in [0.29, 0.717) is 0 Å². The van der Waals surface area contributed by atoms with Gasteiger partial charge in [0.1, 0.15) is 18.2 Å². The fourth-order valence-electron chi connectivity index (χ4n) is 4.21. The molecule has 7 nitrogen and oxygen atoms in total. The van der Waals surface area contributed by atoms with E-state index in [9.17, 15) is 14.4 Å². The van der Waals surface area contributed by atoms with Gasteiger partial charge < -0.3 is 20.3 Å². The Labute approximate surface area is 198 Å². The van der Waals surface area contributed by atoms with E-state index in [2.05, 4.69) is 23.6 Å². The molecule has 0 bridgehead atoms. The van der Waals surface area contributed by atoms with Crippen molar-refractivity contribution in [2.75, 3.05) is 6.54 Å². The molecule has 33 heavy (non-hydrogen) atoms. The van der Waals surface area contributed by atoms with Gasteiger partial charge in [0.05, 0.1) is 0 Å². The summed E-state index contributed by atoms with van der Waals surface area (Å²) in [5.41, 5.74) is 2.22. The minimum absolute atomic E-state index is 0.00846. The number of hydrogen-bond acceptors (Lipinski definition) is 4. The Morgan fingerprint density at radius 1 is 1.12 bits per heavy atom. The topological polar surface area (TPSA) is 87.7 Å². The van der Waals surface area contributed by atoms with Crippen molar-refractivity contribution < 1.29 is 19.1 Å². The number of carbonyl (C=O) groups is 3. The second kappa shape index (κ2) is 11.5. The summed E-state index contributed by atoms with van der Waals surface area (Å²) in [7, 11) is 0. The summed E-state index contributed by atoms with van der Waals surface area (Å²) in [6, 6.07) is 5.23. The Morgan fingerprint density at radius 3 is 2.21 bits per heavy atom. The van der Waals surface area contributed by atoms with Crippen LogP contribution in [0.4, 0.5) is 4.79 Å². The zero-order valence-electron chi connectivity index (χ0n) is 21.3. The summed E-state index contributed by atoms with van der Waals surface area (Å²) in [5, 5.41) is 5.68. The van der Waals surface area contributed by atoms with Crippen molar-refractivity contribution in [3.05, 3.63) is 34.9 Å². The lowest BCUT2D eigenvalue weighted by Gasteiger charge is -2.42. The van der Waals surface area contributed by atoms with Crippen LogP contribution in [0.3, 0.4) is 0 Å². The van der Waals surface area contributed by atoms with Crippen LogP contribution in [0.1, 0.15) is 89.5 Å². The largest absolute Gasteiger partial charge is 0.444 e. The highest BCUT2D eigenvalue weighted by Gasteiger charge is 2.39. The summed E-state index contributed by atoms with van der Waals surface area (Å²) < 4.78 is 5.27. The third-order valence-corrected chi connectivity index (χ3v) is 5.74. The molecule has 0 radical (unpaired) electrons. The highest BCUT2D eigenvalue weighted by Crippen LogP contribution is 2.34. The van der Waals surface area contributed by atoms with Gasteiger partial charge in [0, 0.05) is 12.1 Å². The Balaban J connectivity index is 2.34. The van der Waals surface area contributed by atoms with Crippen LogP contribution in [0.25, 0.3) is 0 Å². The second-order valence-electron chi connectivity index (χ2n) is 10.3. The van der Waals surface area contributed by atoms with Gasteiger partial charge in [-0.2, -0.15) is 0 Å². The molecular weight excluding hydrogens is 418 g/mol. The van der Waals surface area contributed by atoms with E-state index in [1.54, 1.807) is 25.7 Å². The second-order valence-corrected chi connectivity index (χ2v) is 10.3. The smallest absolute Gasteiger partial charge is 0.408 e. The van der Waals surface area contributed by atoms with Gasteiger partial charge in [-0.15, -0.1) is 0 Å². The number of hydrogen-bond donors (Lipinski definition) is 2. The molecule has 1 aromatic carbocycles. The highest BCUT2D eigenvalue weighted by molar-refractivity contribution is 5.91. The Bertz CT molecular complexity index is 822. The molecule has 2 rings (SSSR count). The lowest BCUT2D eigenvalue weighted by Crippen LogP contribution is -2.54. The van der Waals surface area contributed by atoms with Gasteiger partial charge in [0.2, 0.25) is 11.8 Å². The van der Waals surface area contributed by atoms with E-state index in [1.807, 2.05) is 32.9 Å². The number of benzene rings is 1. The van der Waals surface area contributed by atoms with Crippen LogP contribution in [0.15, 0.2) is 18.2 Å². The molecule has 1 fully saturated rings. The van der Waals surface area contributed by atoms with Crippen LogP contribution in [-0.4, -0.2) is 47.0 Å². The fraction of sp³-hybridized carbons (Fsp3) is 0.654. The number of nitrogens with zero attached hydrogens (tertiary/aromatic N) is 1. The van der Waals surface area contributed by atoms with Crippen LogP contribution in [-0.2, 0) is 14.3 Å². The molecule has 0 aliphatic heterocycles. The first-order chi connectivity index (χ1) is 15.4. The number of nitrogens with one attached hydrogen (secondary N) is 2. The van der Waals surface area contributed by atoms with Gasteiger partial charge in [-0.3, -0.25) is 9.59 Å². The molecule has 1 aromatic rings. The number of carbonyl (C=O) groups excluding carboxylic acids is 3. The van der Waals surface area contributed by atoms with Crippen molar-refractivity contribution in [1.29, 1.82) is 0 Å². The first kappa shape index (κ1) is 26.7. The van der Waals surface area contributed by atoms with Crippen molar-refractivity contribution in [1.82, 2.24) is 15.5 Å². The highest BCUT2D eigenvalue weighted by atomic mass is 16.6. The van der Waals surface area contributed by atoms with Gasteiger partial charge >= 0.3 is 6.09 Å². The quantitative estimate of drug-likeness (QED) is 0.567. The van der Waals surface area contributed by atoms with Crippen LogP contribution in [0, 0.1) is 13.8 Å². The minimum atomic E-state index is -0.749. The summed E-state index contributed by atoms with van der Waals surface area (Å²) in [4.78, 5) is 40.8. The van der Waals surface area contributed by atoms with E-state index >= 15 is 0 Å². The van der Waals surface area contributed by atoms with Crippen molar-refractivity contribution in [2.24, 2.45) is 0 Å². The van der Waals surface area contributed by atoms with Crippen LogP contribution in [0.2, 0.25) is 0 Å². The minimum Gasteiger partial charge on any atom is -0.444 e. The maximum absolute atomic E-state index is 13.6. The molecule has 2 unspecified atom stereocenters. The van der Waals surface area contributed by atoms with Crippen LogP contribution in [0.5, 0.6) is 0 Å². The summed E-state index contributed by atoms with van der Waals surface area (Å²) in [6.45, 7) is 13.1. The first-order valence-electron chi connectivity index (χ1n) is 12.1. The molecule has 0 spiro atoms. The van der Waals surface area contributed by atoms with Crippen molar-refractivity contribution in [3.8, 4) is 0 Å². The summed E-state index contributed by atoms with van der Waals surface area (Å²) in [6.07, 6.45) is 3.88. The van der Waals surface area contributed by atoms with Gasteiger partial charge in [0.25, 0.3) is 0 Å². The van der Waals surface area contributed by atoms with Crippen LogP contribution < -0.4 is 10.6 Å². The Hall–Kier alpha value is -2.57. The lowest BCUT2D eigenvalue weighted by atomic mass is 9.88. The predicted molar refractivity (Wildman–Crippen MR) is 130 cm³/mol. The maximum Gasteiger partial charge on any atom is 0.408 e. The van der Waals surface area contributed by atoms with Gasteiger partial charge in [-0.25, -0.2) is 4.79 Å². The zero-order chi connectivity index (χ0) is 24.8. The van der Waals surface area contributed by atoms with Crippen LogP contribution >= 0.6 is 0 Å². The average Bonchev–Trinajstić information content (AvgIpc) is 2.62. The van der Waals surface area contributed by atoms with Gasteiger partial charge in [-0.05, 0) is 72.8 Å². The normalized spacial score (nSPS) is 15.7. The third-order valence-electron chi connectivity index (χ3n) is 5.74. The molecule has 1 saturated carbocycles. The van der Waals surface area contributed by atoms with Crippen molar-refractivity contribution in [3.63, 3.8) is 0 Å². The number of aryl methyl sites for hydroxylation is 2. The van der Waals surface area contributed by atoms with Crippen molar-refractivity contribution in [2.45, 2.75) is 104 Å². The molecule has 0 heterocycles. The van der Waals surface area contributed by atoms with E-state index < -0.39 is 17.7 Å². The van der Waals surface area contributed by atoms with Gasteiger partial charge in [0.15, 0.2) is 0 Å². The lowest BCUT2D eigenvalue weighted by molar-refractivity contribution is -0.145. The number of ether oxygens (including phenoxy) is 1. The average molecular weight is 460 g/mol. The molecule has 0 saturated heterocycles. The molecule has 1 aliphatic rings. The SMILES string of the molecule is CCCC(C)NC(=O)C(c1cc(C)cc(C)c1)N(C(=O)CNC(=O)OC(C)(C)C)C1CCC1. The molecular formula is C26H41N3O4. The standard InChI is InChI=1S/C26H41N3O4/c1-8-10-19(4)28-24(31)23(20-14-17(2)13-18(3)15-20)29(21-11-9-12-21)22(30)16-27-25(32)33-26(5,6)7/h13-15,19,21,23H,8-12,16H2,1-7H3,(H,27,32)(H,28,31). The number of alkyl carbamates (subject to hydrolysis) is 1. The third kappa shape index (κ3) is 8.06. The molecule has 3 amide bonds. The zero-order valence-corrected chi connectivity index (χ0v) is 21.3. The monoisotopic (exact) mass is 459 g/mol. The Kier molecular flexibility index (Phi) is 9.32. The Morgan fingerprint density at radius 2 is 1.73 bits per heavy atom. The molecule has 2 atom stereocenters. The van der Waals surface area contributed by atoms with Crippen molar-refractivity contribution >= 4 is 17.9 Å². The molecule has 184 valence electrons. The molecule has 7 heteroatoms. The van der Waals surface area contributed by atoms with E-state index in [1.165, 1.54) is 0 Å². The fourth-order valence-corrected chi connectivity index (χ4v) is 4.21. The van der Waals surface area contributed by atoms with Gasteiger partial charge in [-0.1, -0.05) is 42.7 Å². The summed E-state index contributed by atoms with van der Waals surface area (Å²) in [5.74, 6) is -0.466. The molecule has 2 N–H and O–H groups in total. The van der Waals surface area contributed by atoms with E-state index in [4.69, 9.17) is 4.74 Å².